The van der Waals surface area contributed by atoms with Gasteiger partial charge in [-0.2, -0.15) is 0 Å². The number of pyridine rings is 1. The first kappa shape index (κ1) is 14.0. The van der Waals surface area contributed by atoms with Crippen LogP contribution in [0.25, 0.3) is 0 Å². The monoisotopic (exact) mass is 287 g/mol. The van der Waals surface area contributed by atoms with Gasteiger partial charge < -0.3 is 9.80 Å². The molecule has 0 spiro atoms. The van der Waals surface area contributed by atoms with Crippen molar-refractivity contribution in [2.24, 2.45) is 11.8 Å². The van der Waals surface area contributed by atoms with Crippen LogP contribution in [0, 0.1) is 11.8 Å². The van der Waals surface area contributed by atoms with Gasteiger partial charge >= 0.3 is 0 Å². The minimum atomic E-state index is 0.0195. The topological polar surface area (TPSA) is 53.5 Å². The van der Waals surface area contributed by atoms with Crippen LogP contribution < -0.4 is 0 Å². The molecule has 0 saturated carbocycles. The lowest BCUT2D eigenvalue weighted by molar-refractivity contribution is -0.138. The molecule has 0 bridgehead atoms. The lowest BCUT2D eigenvalue weighted by Crippen LogP contribution is -2.42. The number of amides is 2. The Balaban J connectivity index is 1.56. The molecule has 1 aromatic heterocycles. The number of hydrogen-bond acceptors (Lipinski definition) is 3. The lowest BCUT2D eigenvalue weighted by Gasteiger charge is -2.30. The highest BCUT2D eigenvalue weighted by molar-refractivity contribution is 5.83. The van der Waals surface area contributed by atoms with Crippen molar-refractivity contribution in [1.82, 2.24) is 14.8 Å². The third-order valence-electron chi connectivity index (χ3n) is 4.67. The van der Waals surface area contributed by atoms with Crippen molar-refractivity contribution >= 4 is 11.8 Å². The van der Waals surface area contributed by atoms with Gasteiger partial charge in [-0.05, 0) is 30.4 Å². The summed E-state index contributed by atoms with van der Waals surface area (Å²) in [6.07, 6.45) is 5.76. The Hall–Kier alpha value is -1.91. The van der Waals surface area contributed by atoms with Crippen molar-refractivity contribution in [3.63, 3.8) is 0 Å². The maximum Gasteiger partial charge on any atom is 0.227 e. The fourth-order valence-corrected chi connectivity index (χ4v) is 3.36. The zero-order valence-electron chi connectivity index (χ0n) is 12.4. The first-order chi connectivity index (χ1) is 10.1. The molecule has 3 rings (SSSR count). The molecule has 0 unspecified atom stereocenters. The highest BCUT2D eigenvalue weighted by Gasteiger charge is 2.42. The highest BCUT2D eigenvalue weighted by atomic mass is 16.2. The van der Waals surface area contributed by atoms with E-state index in [0.717, 1.165) is 25.1 Å². The Morgan fingerprint density at radius 3 is 3.05 bits per heavy atom. The van der Waals surface area contributed by atoms with Gasteiger partial charge in [0.2, 0.25) is 11.8 Å². The van der Waals surface area contributed by atoms with Crippen LogP contribution in [0.4, 0.5) is 0 Å². The summed E-state index contributed by atoms with van der Waals surface area (Å²) < 4.78 is 0. The van der Waals surface area contributed by atoms with E-state index in [9.17, 15) is 9.59 Å². The summed E-state index contributed by atoms with van der Waals surface area (Å²) in [7, 11) is 1.85. The van der Waals surface area contributed by atoms with Gasteiger partial charge in [0.05, 0.1) is 5.92 Å². The molecule has 2 amide bonds. The van der Waals surface area contributed by atoms with Crippen LogP contribution >= 0.6 is 0 Å². The van der Waals surface area contributed by atoms with Crippen LogP contribution in [0.15, 0.2) is 24.5 Å². The number of aromatic nitrogens is 1. The van der Waals surface area contributed by atoms with E-state index < -0.39 is 0 Å². The lowest BCUT2D eigenvalue weighted by atomic mass is 9.88. The van der Waals surface area contributed by atoms with E-state index in [1.165, 1.54) is 0 Å². The minimum absolute atomic E-state index is 0.0195. The third kappa shape index (κ3) is 2.91. The van der Waals surface area contributed by atoms with Crippen molar-refractivity contribution in [3.05, 3.63) is 30.1 Å². The van der Waals surface area contributed by atoms with Crippen molar-refractivity contribution in [1.29, 1.82) is 0 Å². The normalized spacial score (nSPS) is 25.1. The Morgan fingerprint density at radius 2 is 2.29 bits per heavy atom. The number of carbonyl (C=O) groups excluding carboxylic acids is 2. The van der Waals surface area contributed by atoms with Gasteiger partial charge in [0.15, 0.2) is 0 Å². The number of carbonyl (C=O) groups is 2. The second-order valence-corrected chi connectivity index (χ2v) is 6.08. The van der Waals surface area contributed by atoms with E-state index in [-0.39, 0.29) is 17.7 Å². The zero-order chi connectivity index (χ0) is 14.8. The van der Waals surface area contributed by atoms with Crippen LogP contribution in [0.5, 0.6) is 0 Å². The van der Waals surface area contributed by atoms with Crippen molar-refractivity contribution in [3.8, 4) is 0 Å². The first-order valence-corrected chi connectivity index (χ1v) is 7.57. The molecular weight excluding hydrogens is 266 g/mol. The number of nitrogens with zero attached hydrogens (tertiary/aromatic N) is 3. The van der Waals surface area contributed by atoms with E-state index >= 15 is 0 Å². The number of rotatable bonds is 3. The summed E-state index contributed by atoms with van der Waals surface area (Å²) in [5.41, 5.74) is 1.08. The fraction of sp³-hybridized carbons (Fsp3) is 0.562. The summed E-state index contributed by atoms with van der Waals surface area (Å²) in [5, 5.41) is 0. The Morgan fingerprint density at radius 1 is 1.43 bits per heavy atom. The molecular formula is C16H21N3O2. The van der Waals surface area contributed by atoms with Gasteiger partial charge in [0.25, 0.3) is 0 Å². The van der Waals surface area contributed by atoms with Crippen LogP contribution in [0.1, 0.15) is 18.4 Å². The summed E-state index contributed by atoms with van der Waals surface area (Å²) in [5.74, 6) is 0.736. The standard InChI is InChI=1S/C16H21N3O2/c1-18-8-6-13-10-19(11-14(13)16(18)21)15(20)5-4-12-3-2-7-17-9-12/h2-3,7,9,13-14H,4-6,8,10-11H2,1H3/t13-,14+/m1/s1. The molecule has 0 aliphatic carbocycles. The van der Waals surface area contributed by atoms with Crippen molar-refractivity contribution in [2.75, 3.05) is 26.7 Å². The average molecular weight is 287 g/mol. The average Bonchev–Trinajstić information content (AvgIpc) is 2.95. The molecule has 5 heteroatoms. The van der Waals surface area contributed by atoms with Crippen molar-refractivity contribution in [2.45, 2.75) is 19.3 Å². The summed E-state index contributed by atoms with van der Waals surface area (Å²) in [6, 6.07) is 3.88. The van der Waals surface area contributed by atoms with Crippen LogP contribution in [0.2, 0.25) is 0 Å². The van der Waals surface area contributed by atoms with Crippen molar-refractivity contribution < 1.29 is 9.59 Å². The summed E-state index contributed by atoms with van der Waals surface area (Å²) in [4.78, 5) is 32.2. The second kappa shape index (κ2) is 5.84. The molecule has 5 nitrogen and oxygen atoms in total. The minimum Gasteiger partial charge on any atom is -0.345 e. The Labute approximate surface area is 124 Å². The van der Waals surface area contributed by atoms with E-state index in [4.69, 9.17) is 0 Å². The van der Waals surface area contributed by atoms with Gasteiger partial charge in [-0.15, -0.1) is 0 Å². The SMILES string of the molecule is CN1CC[C@@H]2CN(C(=O)CCc3cccnc3)C[C@@H]2C1=O. The van der Waals surface area contributed by atoms with Crippen LogP contribution in [-0.4, -0.2) is 53.3 Å². The molecule has 21 heavy (non-hydrogen) atoms. The summed E-state index contributed by atoms with van der Waals surface area (Å²) >= 11 is 0. The van der Waals surface area contributed by atoms with E-state index in [1.54, 1.807) is 17.3 Å². The first-order valence-electron chi connectivity index (χ1n) is 7.57. The maximum absolute atomic E-state index is 12.3. The maximum atomic E-state index is 12.3. The van der Waals surface area contributed by atoms with E-state index in [0.29, 0.717) is 25.3 Å². The molecule has 2 saturated heterocycles. The van der Waals surface area contributed by atoms with Crippen LogP contribution in [0.3, 0.4) is 0 Å². The molecule has 0 radical (unpaired) electrons. The molecule has 0 aromatic carbocycles. The van der Waals surface area contributed by atoms with E-state index in [1.807, 2.05) is 24.1 Å². The quantitative estimate of drug-likeness (QED) is 0.832. The molecule has 0 N–H and O–H groups in total. The molecule has 112 valence electrons. The predicted octanol–water partition coefficient (Wildman–Crippen LogP) is 0.951. The second-order valence-electron chi connectivity index (χ2n) is 6.08. The van der Waals surface area contributed by atoms with Gasteiger partial charge in [0.1, 0.15) is 0 Å². The molecule has 2 aliphatic rings. The molecule has 1 aromatic rings. The van der Waals surface area contributed by atoms with Gasteiger partial charge in [-0.1, -0.05) is 6.07 Å². The number of aryl methyl sites for hydroxylation is 1. The van der Waals surface area contributed by atoms with Gasteiger partial charge in [-0.3, -0.25) is 14.6 Å². The van der Waals surface area contributed by atoms with Gasteiger partial charge in [0, 0.05) is 45.5 Å². The molecule has 2 atom stereocenters. The Bertz CT molecular complexity index is 532. The van der Waals surface area contributed by atoms with Gasteiger partial charge in [-0.25, -0.2) is 0 Å². The number of fused-ring (bicyclic) bond motifs is 1. The molecule has 2 fully saturated rings. The zero-order valence-corrected chi connectivity index (χ0v) is 12.4. The summed E-state index contributed by atoms with van der Waals surface area (Å²) in [6.45, 7) is 2.16. The fourth-order valence-electron chi connectivity index (χ4n) is 3.36. The number of hydrogen-bond donors (Lipinski definition) is 0. The molecule has 3 heterocycles. The highest BCUT2D eigenvalue weighted by Crippen LogP contribution is 2.31. The van der Waals surface area contributed by atoms with E-state index in [2.05, 4.69) is 4.98 Å². The Kier molecular flexibility index (Phi) is 3.90. The number of piperidine rings is 1. The number of likely N-dealkylation sites (tertiary alicyclic amines) is 2. The molecule has 2 aliphatic heterocycles. The smallest absolute Gasteiger partial charge is 0.227 e. The predicted molar refractivity (Wildman–Crippen MR) is 78.4 cm³/mol. The van der Waals surface area contributed by atoms with Crippen LogP contribution in [-0.2, 0) is 16.0 Å². The third-order valence-corrected chi connectivity index (χ3v) is 4.67. The largest absolute Gasteiger partial charge is 0.345 e.